The number of nitrogens with one attached hydrogen (secondary N) is 1. The Morgan fingerprint density at radius 2 is 2.29 bits per heavy atom. The largest absolute Gasteiger partial charge is 0.465 e. The maximum Gasteiger partial charge on any atom is 0.327 e. The quantitative estimate of drug-likeness (QED) is 0.803. The zero-order valence-electron chi connectivity index (χ0n) is 10.2. The molecule has 0 atom stereocenters. The molecule has 0 aromatic carbocycles. The predicted molar refractivity (Wildman–Crippen MR) is 62.8 cm³/mol. The van der Waals surface area contributed by atoms with E-state index in [1.54, 1.807) is 13.0 Å². The number of hydrogen-bond donors (Lipinski definition) is 1. The highest BCUT2D eigenvalue weighted by molar-refractivity contribution is 5.68. The Hall–Kier alpha value is -1.52. The lowest BCUT2D eigenvalue weighted by Crippen LogP contribution is -2.23. The summed E-state index contributed by atoms with van der Waals surface area (Å²) in [6, 6.07) is 1.59. The van der Waals surface area contributed by atoms with E-state index < -0.39 is 0 Å². The second-order valence-corrected chi connectivity index (χ2v) is 4.71. The maximum atomic E-state index is 11.6. The number of aromatic amines is 1. The summed E-state index contributed by atoms with van der Waals surface area (Å²) in [7, 11) is 0. The zero-order valence-corrected chi connectivity index (χ0v) is 10.2. The molecule has 0 unspecified atom stereocenters. The van der Waals surface area contributed by atoms with Crippen molar-refractivity contribution in [2.75, 3.05) is 6.61 Å². The summed E-state index contributed by atoms with van der Waals surface area (Å²) >= 11 is 0. The van der Waals surface area contributed by atoms with Gasteiger partial charge in [0.1, 0.15) is 6.54 Å². The molecule has 1 fully saturated rings. The minimum absolute atomic E-state index is 0.0328. The van der Waals surface area contributed by atoms with Crippen molar-refractivity contribution in [1.29, 1.82) is 0 Å². The monoisotopic (exact) mass is 238 g/mol. The fraction of sp³-hybridized carbons (Fsp3) is 0.667. The van der Waals surface area contributed by atoms with Gasteiger partial charge in [-0.15, -0.1) is 0 Å². The Morgan fingerprint density at radius 1 is 1.59 bits per heavy atom. The van der Waals surface area contributed by atoms with Gasteiger partial charge in [0.25, 0.3) is 5.56 Å². The molecule has 0 bridgehead atoms. The highest BCUT2D eigenvalue weighted by Crippen LogP contribution is 2.39. The van der Waals surface area contributed by atoms with E-state index in [2.05, 4.69) is 12.0 Å². The molecule has 1 aliphatic carbocycles. The van der Waals surface area contributed by atoms with Gasteiger partial charge < -0.3 is 4.74 Å². The van der Waals surface area contributed by atoms with Crippen LogP contribution in [-0.4, -0.2) is 22.4 Å². The third-order valence-corrected chi connectivity index (χ3v) is 3.22. The molecule has 0 aliphatic heterocycles. The lowest BCUT2D eigenvalue weighted by Gasteiger charge is -2.31. The van der Waals surface area contributed by atoms with Crippen LogP contribution >= 0.6 is 0 Å². The highest BCUT2D eigenvalue weighted by atomic mass is 16.5. The molecule has 5 heteroatoms. The lowest BCUT2D eigenvalue weighted by molar-refractivity contribution is -0.144. The van der Waals surface area contributed by atoms with Crippen LogP contribution in [0.1, 0.15) is 38.3 Å². The molecular weight excluding hydrogens is 220 g/mol. The van der Waals surface area contributed by atoms with E-state index >= 15 is 0 Å². The molecule has 0 radical (unpaired) electrons. The van der Waals surface area contributed by atoms with Crippen molar-refractivity contribution in [3.05, 3.63) is 22.1 Å². The standard InChI is InChI=1S/C12H18N2O3/c1-3-17-12(16)7-14-11(15)6-10(13-14)9-4-8(2)5-9/h6,8-9,13H,3-5,7H2,1-2H3. The Balaban J connectivity index is 2.03. The van der Waals surface area contributed by atoms with Gasteiger partial charge in [0.2, 0.25) is 0 Å². The first kappa shape index (κ1) is 12.0. The summed E-state index contributed by atoms with van der Waals surface area (Å²) < 4.78 is 6.13. The van der Waals surface area contributed by atoms with Crippen LogP contribution in [0.2, 0.25) is 0 Å². The van der Waals surface area contributed by atoms with Crippen LogP contribution < -0.4 is 5.56 Å². The molecule has 5 nitrogen and oxygen atoms in total. The van der Waals surface area contributed by atoms with Gasteiger partial charge in [-0.05, 0) is 25.7 Å². The van der Waals surface area contributed by atoms with Gasteiger partial charge >= 0.3 is 5.97 Å². The molecule has 0 spiro atoms. The van der Waals surface area contributed by atoms with Gasteiger partial charge in [0.05, 0.1) is 6.61 Å². The Kier molecular flexibility index (Phi) is 3.36. The van der Waals surface area contributed by atoms with E-state index in [9.17, 15) is 9.59 Å². The van der Waals surface area contributed by atoms with Gasteiger partial charge in [0.15, 0.2) is 0 Å². The Bertz CT molecular complexity index is 455. The van der Waals surface area contributed by atoms with Crippen LogP contribution in [0.25, 0.3) is 0 Å². The van der Waals surface area contributed by atoms with Gasteiger partial charge in [-0.1, -0.05) is 6.92 Å². The van der Waals surface area contributed by atoms with E-state index in [1.807, 2.05) is 0 Å². The number of ether oxygens (including phenoxy) is 1. The number of aromatic nitrogens is 2. The average Bonchev–Trinajstić information content (AvgIpc) is 2.56. The van der Waals surface area contributed by atoms with Crippen molar-refractivity contribution in [2.45, 2.75) is 39.2 Å². The van der Waals surface area contributed by atoms with Crippen molar-refractivity contribution in [1.82, 2.24) is 9.78 Å². The van der Waals surface area contributed by atoms with Crippen LogP contribution in [0.4, 0.5) is 0 Å². The summed E-state index contributed by atoms with van der Waals surface area (Å²) in [5.74, 6) is 0.794. The van der Waals surface area contributed by atoms with Crippen molar-refractivity contribution in [3.8, 4) is 0 Å². The fourth-order valence-corrected chi connectivity index (χ4v) is 2.27. The first-order valence-corrected chi connectivity index (χ1v) is 6.05. The number of hydrogen-bond acceptors (Lipinski definition) is 3. The fourth-order valence-electron chi connectivity index (χ4n) is 2.27. The minimum Gasteiger partial charge on any atom is -0.465 e. The van der Waals surface area contributed by atoms with Gasteiger partial charge in [-0.25, -0.2) is 4.68 Å². The molecule has 0 amide bonds. The highest BCUT2D eigenvalue weighted by Gasteiger charge is 2.28. The Labute approximate surface area is 99.8 Å². The molecule has 0 saturated heterocycles. The van der Waals surface area contributed by atoms with Crippen molar-refractivity contribution >= 4 is 5.97 Å². The van der Waals surface area contributed by atoms with E-state index in [0.717, 1.165) is 24.5 Å². The maximum absolute atomic E-state index is 11.6. The summed E-state index contributed by atoms with van der Waals surface area (Å²) in [6.07, 6.45) is 2.22. The summed E-state index contributed by atoms with van der Waals surface area (Å²) in [5, 5.41) is 3.00. The number of esters is 1. The third kappa shape index (κ3) is 2.60. The van der Waals surface area contributed by atoms with E-state index in [1.165, 1.54) is 4.68 Å². The lowest BCUT2D eigenvalue weighted by atomic mass is 9.74. The topological polar surface area (TPSA) is 64.1 Å². The number of H-pyrrole nitrogens is 1. The van der Waals surface area contributed by atoms with Crippen molar-refractivity contribution in [2.24, 2.45) is 5.92 Å². The molecule has 94 valence electrons. The SMILES string of the molecule is CCOC(=O)Cn1[nH]c(C2CC(C)C2)cc1=O. The molecule has 2 rings (SSSR count). The number of carbonyl (C=O) groups is 1. The van der Waals surface area contributed by atoms with Gasteiger partial charge in [-0.3, -0.25) is 14.7 Å². The summed E-state index contributed by atoms with van der Waals surface area (Å²) in [6.45, 7) is 4.25. The van der Waals surface area contributed by atoms with E-state index in [-0.39, 0.29) is 18.1 Å². The third-order valence-electron chi connectivity index (χ3n) is 3.22. The van der Waals surface area contributed by atoms with Gasteiger partial charge in [0, 0.05) is 17.7 Å². The van der Waals surface area contributed by atoms with Crippen molar-refractivity contribution in [3.63, 3.8) is 0 Å². The average molecular weight is 238 g/mol. The van der Waals surface area contributed by atoms with Gasteiger partial charge in [-0.2, -0.15) is 0 Å². The Morgan fingerprint density at radius 3 is 2.88 bits per heavy atom. The van der Waals surface area contributed by atoms with Crippen molar-refractivity contribution < 1.29 is 9.53 Å². The number of rotatable bonds is 4. The molecule has 1 aliphatic rings. The van der Waals surface area contributed by atoms with E-state index in [0.29, 0.717) is 12.5 Å². The second kappa shape index (κ2) is 4.77. The van der Waals surface area contributed by atoms with Crippen LogP contribution in [0.5, 0.6) is 0 Å². The molecule has 1 saturated carbocycles. The van der Waals surface area contributed by atoms with Crippen LogP contribution in [-0.2, 0) is 16.1 Å². The first-order valence-electron chi connectivity index (χ1n) is 6.05. The molecular formula is C12H18N2O3. The molecule has 17 heavy (non-hydrogen) atoms. The minimum atomic E-state index is -0.384. The smallest absolute Gasteiger partial charge is 0.327 e. The van der Waals surface area contributed by atoms with Crippen LogP contribution in [0.3, 0.4) is 0 Å². The number of nitrogens with zero attached hydrogens (tertiary/aromatic N) is 1. The first-order chi connectivity index (χ1) is 8.10. The number of carbonyl (C=O) groups excluding carboxylic acids is 1. The molecule has 1 heterocycles. The summed E-state index contributed by atoms with van der Waals surface area (Å²) in [4.78, 5) is 22.9. The van der Waals surface area contributed by atoms with E-state index in [4.69, 9.17) is 4.74 Å². The van der Waals surface area contributed by atoms with Crippen LogP contribution in [0, 0.1) is 5.92 Å². The molecule has 1 aromatic heterocycles. The summed E-state index contributed by atoms with van der Waals surface area (Å²) in [5.41, 5.74) is 0.782. The molecule has 1 N–H and O–H groups in total. The van der Waals surface area contributed by atoms with Crippen LogP contribution in [0.15, 0.2) is 10.9 Å². The second-order valence-electron chi connectivity index (χ2n) is 4.71. The molecule has 1 aromatic rings. The zero-order chi connectivity index (χ0) is 12.4. The predicted octanol–water partition coefficient (Wildman–Crippen LogP) is 1.25. The normalized spacial score (nSPS) is 23.2.